The van der Waals surface area contributed by atoms with Gasteiger partial charge in [-0.15, -0.1) is 0 Å². The fraction of sp³-hybridized carbons (Fsp3) is 0.267. The van der Waals surface area contributed by atoms with Crippen LogP contribution in [0.5, 0.6) is 0 Å². The molecular formula is C15H16ClN3S. The van der Waals surface area contributed by atoms with Crippen LogP contribution in [0.4, 0.5) is 0 Å². The van der Waals surface area contributed by atoms with Crippen molar-refractivity contribution in [2.45, 2.75) is 26.3 Å². The molecule has 0 saturated heterocycles. The third-order valence-electron chi connectivity index (χ3n) is 2.76. The molecule has 2 aromatic heterocycles. The van der Waals surface area contributed by atoms with Gasteiger partial charge in [-0.1, -0.05) is 42.9 Å². The van der Waals surface area contributed by atoms with Crippen LogP contribution in [0.25, 0.3) is 0 Å². The first-order valence-electron chi connectivity index (χ1n) is 6.52. The summed E-state index contributed by atoms with van der Waals surface area (Å²) in [6, 6.07) is 9.66. The molecule has 0 N–H and O–H groups in total. The first kappa shape index (κ1) is 14.9. The highest BCUT2D eigenvalue weighted by molar-refractivity contribution is 7.80. The normalized spacial score (nSPS) is 11.6. The predicted molar refractivity (Wildman–Crippen MR) is 85.9 cm³/mol. The van der Waals surface area contributed by atoms with Crippen LogP contribution in [0.2, 0.25) is 5.15 Å². The van der Waals surface area contributed by atoms with Crippen molar-refractivity contribution in [2.75, 3.05) is 0 Å². The van der Waals surface area contributed by atoms with Gasteiger partial charge in [-0.3, -0.25) is 0 Å². The molecule has 2 heterocycles. The van der Waals surface area contributed by atoms with Gasteiger partial charge in [0.1, 0.15) is 15.6 Å². The Hall–Kier alpha value is -1.52. The highest BCUT2D eigenvalue weighted by atomic mass is 35.5. The third kappa shape index (κ3) is 4.25. The van der Waals surface area contributed by atoms with Crippen LogP contribution < -0.4 is 5.49 Å². The van der Waals surface area contributed by atoms with Gasteiger partial charge < -0.3 is 4.57 Å². The van der Waals surface area contributed by atoms with Crippen molar-refractivity contribution in [3.05, 3.63) is 58.9 Å². The second kappa shape index (κ2) is 7.31. The van der Waals surface area contributed by atoms with E-state index in [1.165, 1.54) is 0 Å². The molecule has 0 bridgehead atoms. The number of rotatable bonds is 4. The Balaban J connectivity index is 2.28. The Morgan fingerprint density at radius 1 is 1.35 bits per heavy atom. The smallest absolute Gasteiger partial charge is 0.134 e. The van der Waals surface area contributed by atoms with Crippen molar-refractivity contribution in [3.8, 4) is 0 Å². The lowest BCUT2D eigenvalue weighted by Gasteiger charge is -2.07. The lowest BCUT2D eigenvalue weighted by atomic mass is 10.3. The summed E-state index contributed by atoms with van der Waals surface area (Å²) in [5, 5.41) is 0.501. The Morgan fingerprint density at radius 3 is 2.90 bits per heavy atom. The van der Waals surface area contributed by atoms with Crippen molar-refractivity contribution in [1.82, 2.24) is 9.55 Å². The number of halogens is 1. The van der Waals surface area contributed by atoms with Gasteiger partial charge >= 0.3 is 0 Å². The molecule has 2 rings (SSSR count). The minimum atomic E-state index is 0.501. The summed E-state index contributed by atoms with van der Waals surface area (Å²) in [5.74, 6) is 0. The van der Waals surface area contributed by atoms with E-state index in [-0.39, 0.29) is 0 Å². The van der Waals surface area contributed by atoms with E-state index >= 15 is 0 Å². The minimum absolute atomic E-state index is 0.501. The molecule has 3 nitrogen and oxygen atoms in total. The van der Waals surface area contributed by atoms with E-state index in [1.807, 2.05) is 35.0 Å². The molecule has 104 valence electrons. The van der Waals surface area contributed by atoms with Gasteiger partial charge in [-0.25, -0.2) is 9.98 Å². The van der Waals surface area contributed by atoms with Gasteiger partial charge in [0.05, 0.1) is 6.54 Å². The fourth-order valence-electron chi connectivity index (χ4n) is 1.80. The van der Waals surface area contributed by atoms with Crippen molar-refractivity contribution < 1.29 is 0 Å². The molecular weight excluding hydrogens is 290 g/mol. The summed E-state index contributed by atoms with van der Waals surface area (Å²) in [6.45, 7) is 2.79. The number of pyridine rings is 2. The second-order valence-electron chi connectivity index (χ2n) is 4.43. The van der Waals surface area contributed by atoms with Crippen molar-refractivity contribution in [1.29, 1.82) is 0 Å². The molecule has 0 aliphatic carbocycles. The maximum absolute atomic E-state index is 5.80. The topological polar surface area (TPSA) is 30.2 Å². The molecule has 5 heteroatoms. The largest absolute Gasteiger partial charge is 0.329 e. The molecule has 0 aromatic carbocycles. The lowest BCUT2D eigenvalue weighted by Crippen LogP contribution is -2.21. The highest BCUT2D eigenvalue weighted by Crippen LogP contribution is 2.06. The Kier molecular flexibility index (Phi) is 5.44. The fourth-order valence-corrected chi connectivity index (χ4v) is 2.21. The summed E-state index contributed by atoms with van der Waals surface area (Å²) >= 11 is 11.1. The summed E-state index contributed by atoms with van der Waals surface area (Å²) in [6.07, 6.45) is 5.61. The molecule has 0 unspecified atom stereocenters. The van der Waals surface area contributed by atoms with E-state index in [0.29, 0.717) is 11.7 Å². The molecule has 0 saturated carbocycles. The van der Waals surface area contributed by atoms with E-state index in [0.717, 1.165) is 28.9 Å². The summed E-state index contributed by atoms with van der Waals surface area (Å²) < 4.78 is 2.05. The zero-order chi connectivity index (χ0) is 14.4. The van der Waals surface area contributed by atoms with E-state index in [1.54, 1.807) is 12.3 Å². The summed E-state index contributed by atoms with van der Waals surface area (Å²) in [4.78, 5) is 9.34. The quantitative estimate of drug-likeness (QED) is 0.638. The van der Waals surface area contributed by atoms with Crippen molar-refractivity contribution in [2.24, 2.45) is 4.99 Å². The Bertz CT molecular complexity index is 647. The molecule has 0 fully saturated rings. The number of hydrogen-bond acceptors (Lipinski definition) is 2. The molecule has 0 atom stereocenters. The monoisotopic (exact) mass is 305 g/mol. The molecule has 0 radical (unpaired) electrons. The second-order valence-corrected chi connectivity index (χ2v) is 5.29. The van der Waals surface area contributed by atoms with Crippen LogP contribution in [0, 0.1) is 0 Å². The number of nitrogens with zero attached hydrogens (tertiary/aromatic N) is 3. The van der Waals surface area contributed by atoms with E-state index in [4.69, 9.17) is 23.8 Å². The maximum atomic E-state index is 5.80. The number of aromatic nitrogens is 2. The first-order valence-corrected chi connectivity index (χ1v) is 7.31. The molecule has 0 spiro atoms. The lowest BCUT2D eigenvalue weighted by molar-refractivity contribution is 0.742. The van der Waals surface area contributed by atoms with E-state index < -0.39 is 0 Å². The zero-order valence-electron chi connectivity index (χ0n) is 11.3. The number of thiocarbonyl (C=S) groups is 1. The van der Waals surface area contributed by atoms with E-state index in [9.17, 15) is 0 Å². The van der Waals surface area contributed by atoms with Gasteiger partial charge in [-0.05, 0) is 36.6 Å². The number of hydrogen-bond donors (Lipinski definition) is 0. The van der Waals surface area contributed by atoms with Crippen LogP contribution in [-0.2, 0) is 6.54 Å². The molecule has 0 aliphatic heterocycles. The summed E-state index contributed by atoms with van der Waals surface area (Å²) in [7, 11) is 0. The van der Waals surface area contributed by atoms with Gasteiger partial charge in [0.2, 0.25) is 0 Å². The van der Waals surface area contributed by atoms with Crippen molar-refractivity contribution in [3.63, 3.8) is 0 Å². The van der Waals surface area contributed by atoms with Crippen LogP contribution in [0.3, 0.4) is 0 Å². The predicted octanol–water partition coefficient (Wildman–Crippen LogP) is 3.61. The van der Waals surface area contributed by atoms with Crippen LogP contribution >= 0.6 is 23.8 Å². The van der Waals surface area contributed by atoms with Gasteiger partial charge in [0.15, 0.2) is 0 Å². The Morgan fingerprint density at radius 2 is 2.20 bits per heavy atom. The van der Waals surface area contributed by atoms with Crippen LogP contribution in [0.1, 0.15) is 25.3 Å². The Labute approximate surface area is 129 Å². The standard InChI is InChI=1S/C15H16ClN3S/c1-2-5-15(20)18-14-6-3-4-9-19(14)11-12-7-8-13(16)17-10-12/h3-4,6-10H,2,5,11H2,1H3. The summed E-state index contributed by atoms with van der Waals surface area (Å²) in [5.41, 5.74) is 1.93. The molecule has 20 heavy (non-hydrogen) atoms. The molecule has 0 amide bonds. The minimum Gasteiger partial charge on any atom is -0.329 e. The van der Waals surface area contributed by atoms with Gasteiger partial charge in [-0.2, -0.15) is 0 Å². The maximum Gasteiger partial charge on any atom is 0.134 e. The zero-order valence-corrected chi connectivity index (χ0v) is 12.9. The van der Waals surface area contributed by atoms with Gasteiger partial charge in [0.25, 0.3) is 0 Å². The van der Waals surface area contributed by atoms with E-state index in [2.05, 4.69) is 16.9 Å². The first-order chi connectivity index (χ1) is 9.69. The van der Waals surface area contributed by atoms with Crippen LogP contribution in [0.15, 0.2) is 47.7 Å². The highest BCUT2D eigenvalue weighted by Gasteiger charge is 1.98. The SMILES string of the molecule is CCCC(=S)N=c1ccccn1Cc1ccc(Cl)nc1. The average Bonchev–Trinajstić information content (AvgIpc) is 2.44. The average molecular weight is 306 g/mol. The van der Waals surface area contributed by atoms with Gasteiger partial charge in [0, 0.05) is 12.4 Å². The molecule has 2 aromatic rings. The van der Waals surface area contributed by atoms with Crippen molar-refractivity contribution >= 4 is 28.8 Å². The van der Waals surface area contributed by atoms with Crippen LogP contribution in [-0.4, -0.2) is 14.5 Å². The molecule has 0 aliphatic rings. The third-order valence-corrected chi connectivity index (χ3v) is 3.28.